The van der Waals surface area contributed by atoms with E-state index in [4.69, 9.17) is 0 Å². The number of aromatic nitrogens is 3. The monoisotopic (exact) mass is 250 g/mol. The fourth-order valence-electron chi connectivity index (χ4n) is 3.30. The van der Waals surface area contributed by atoms with Crippen molar-refractivity contribution in [3.63, 3.8) is 0 Å². The van der Waals surface area contributed by atoms with E-state index in [-0.39, 0.29) is 0 Å². The Morgan fingerprint density at radius 2 is 1.94 bits per heavy atom. The zero-order chi connectivity index (χ0) is 13.2. The number of nitrogens with one attached hydrogen (secondary N) is 1. The molecular formula is C14H26N4. The first-order valence-electron chi connectivity index (χ1n) is 7.15. The zero-order valence-electron chi connectivity index (χ0n) is 12.1. The van der Waals surface area contributed by atoms with Gasteiger partial charge in [0, 0.05) is 6.04 Å². The van der Waals surface area contributed by atoms with E-state index in [1.54, 1.807) is 6.33 Å². The molecule has 1 aromatic rings. The molecule has 1 unspecified atom stereocenters. The lowest BCUT2D eigenvalue weighted by Gasteiger charge is -2.40. The largest absolute Gasteiger partial charge is 0.310 e. The number of hydrogen-bond acceptors (Lipinski definition) is 3. The minimum absolute atomic E-state index is 0.308. The third-order valence-corrected chi connectivity index (χ3v) is 4.33. The second kappa shape index (κ2) is 5.39. The maximum absolute atomic E-state index is 4.52. The van der Waals surface area contributed by atoms with E-state index in [1.807, 2.05) is 7.05 Å². The van der Waals surface area contributed by atoms with Crippen LogP contribution in [-0.2, 0) is 0 Å². The summed E-state index contributed by atoms with van der Waals surface area (Å²) in [6, 6.07) is 0.674. The molecule has 0 amide bonds. The van der Waals surface area contributed by atoms with E-state index in [1.165, 1.54) is 32.1 Å². The van der Waals surface area contributed by atoms with Gasteiger partial charge in [0.2, 0.25) is 0 Å². The van der Waals surface area contributed by atoms with Gasteiger partial charge in [0.15, 0.2) is 0 Å². The van der Waals surface area contributed by atoms with E-state index >= 15 is 0 Å². The van der Waals surface area contributed by atoms with Crippen LogP contribution in [0.25, 0.3) is 0 Å². The highest BCUT2D eigenvalue weighted by Crippen LogP contribution is 2.45. The Morgan fingerprint density at radius 1 is 1.28 bits per heavy atom. The molecule has 4 heteroatoms. The van der Waals surface area contributed by atoms with E-state index < -0.39 is 0 Å². The van der Waals surface area contributed by atoms with Crippen LogP contribution in [0.3, 0.4) is 0 Å². The highest BCUT2D eigenvalue weighted by Gasteiger charge is 2.38. The SMILES string of the molecule is CNC(c1ncnn1C(C)C)C1(C)CCCCC1. The zero-order valence-corrected chi connectivity index (χ0v) is 12.1. The third kappa shape index (κ3) is 2.44. The highest BCUT2D eigenvalue weighted by molar-refractivity contribution is 5.04. The minimum Gasteiger partial charge on any atom is -0.310 e. The van der Waals surface area contributed by atoms with E-state index in [0.29, 0.717) is 17.5 Å². The second-order valence-electron chi connectivity index (χ2n) is 6.09. The van der Waals surface area contributed by atoms with Gasteiger partial charge in [0.25, 0.3) is 0 Å². The molecule has 1 saturated carbocycles. The first-order valence-corrected chi connectivity index (χ1v) is 7.15. The Kier molecular flexibility index (Phi) is 4.05. The summed E-state index contributed by atoms with van der Waals surface area (Å²) < 4.78 is 2.06. The molecule has 1 aliphatic rings. The fourth-order valence-corrected chi connectivity index (χ4v) is 3.30. The molecular weight excluding hydrogens is 224 g/mol. The molecule has 1 N–H and O–H groups in total. The van der Waals surface area contributed by atoms with Crippen molar-refractivity contribution in [3.05, 3.63) is 12.2 Å². The van der Waals surface area contributed by atoms with Crippen LogP contribution in [0, 0.1) is 5.41 Å². The van der Waals surface area contributed by atoms with Crippen molar-refractivity contribution in [1.82, 2.24) is 20.1 Å². The molecule has 1 aromatic heterocycles. The summed E-state index contributed by atoms with van der Waals surface area (Å²) in [5.41, 5.74) is 0.312. The Morgan fingerprint density at radius 3 is 2.50 bits per heavy atom. The van der Waals surface area contributed by atoms with Gasteiger partial charge in [-0.15, -0.1) is 0 Å². The van der Waals surface area contributed by atoms with Gasteiger partial charge in [-0.05, 0) is 39.2 Å². The van der Waals surface area contributed by atoms with Gasteiger partial charge in [-0.25, -0.2) is 9.67 Å². The van der Waals surface area contributed by atoms with Crippen LogP contribution < -0.4 is 5.32 Å². The summed E-state index contributed by atoms with van der Waals surface area (Å²) in [5.74, 6) is 1.09. The molecule has 0 spiro atoms. The lowest BCUT2D eigenvalue weighted by molar-refractivity contribution is 0.140. The quantitative estimate of drug-likeness (QED) is 0.893. The smallest absolute Gasteiger partial charge is 0.144 e. The standard InChI is InChI=1S/C14H26N4/c1-11(2)18-13(16-10-17-18)12(15-4)14(3)8-6-5-7-9-14/h10-12,15H,5-9H2,1-4H3. The maximum atomic E-state index is 4.52. The van der Waals surface area contributed by atoms with Crippen molar-refractivity contribution in [2.75, 3.05) is 7.05 Å². The van der Waals surface area contributed by atoms with Crippen molar-refractivity contribution in [2.45, 2.75) is 65.0 Å². The first kappa shape index (κ1) is 13.5. The minimum atomic E-state index is 0.308. The van der Waals surface area contributed by atoms with Gasteiger partial charge >= 0.3 is 0 Å². The number of hydrogen-bond donors (Lipinski definition) is 1. The molecule has 1 aliphatic carbocycles. The van der Waals surface area contributed by atoms with Crippen LogP contribution >= 0.6 is 0 Å². The van der Waals surface area contributed by atoms with Gasteiger partial charge in [0.05, 0.1) is 6.04 Å². The van der Waals surface area contributed by atoms with E-state index in [2.05, 4.69) is 40.9 Å². The number of rotatable bonds is 4. The van der Waals surface area contributed by atoms with Gasteiger partial charge < -0.3 is 5.32 Å². The van der Waals surface area contributed by atoms with Gasteiger partial charge in [-0.2, -0.15) is 5.10 Å². The van der Waals surface area contributed by atoms with E-state index in [0.717, 1.165) is 5.82 Å². The van der Waals surface area contributed by atoms with Crippen molar-refractivity contribution >= 4 is 0 Å². The van der Waals surface area contributed by atoms with E-state index in [9.17, 15) is 0 Å². The molecule has 1 atom stereocenters. The predicted octanol–water partition coefficient (Wildman–Crippen LogP) is 3.09. The van der Waals surface area contributed by atoms with Gasteiger partial charge in [-0.1, -0.05) is 26.2 Å². The van der Waals surface area contributed by atoms with Crippen molar-refractivity contribution in [2.24, 2.45) is 5.41 Å². The highest BCUT2D eigenvalue weighted by atomic mass is 15.4. The van der Waals surface area contributed by atoms with Crippen LogP contribution in [0.1, 0.15) is 70.8 Å². The molecule has 0 saturated heterocycles. The molecule has 0 bridgehead atoms. The Labute approximate surface area is 110 Å². The van der Waals surface area contributed by atoms with Crippen LogP contribution in [0.4, 0.5) is 0 Å². The fraction of sp³-hybridized carbons (Fsp3) is 0.857. The van der Waals surface area contributed by atoms with Crippen LogP contribution in [0.2, 0.25) is 0 Å². The topological polar surface area (TPSA) is 42.7 Å². The molecule has 1 heterocycles. The van der Waals surface area contributed by atoms with Crippen LogP contribution in [0.5, 0.6) is 0 Å². The summed E-state index contributed by atoms with van der Waals surface area (Å²) >= 11 is 0. The first-order chi connectivity index (χ1) is 8.58. The number of nitrogens with zero attached hydrogens (tertiary/aromatic N) is 3. The molecule has 2 rings (SSSR count). The molecule has 18 heavy (non-hydrogen) atoms. The summed E-state index contributed by atoms with van der Waals surface area (Å²) in [7, 11) is 2.05. The summed E-state index contributed by atoms with van der Waals surface area (Å²) in [4.78, 5) is 4.52. The predicted molar refractivity (Wildman–Crippen MR) is 73.4 cm³/mol. The third-order valence-electron chi connectivity index (χ3n) is 4.33. The second-order valence-corrected chi connectivity index (χ2v) is 6.09. The Balaban J connectivity index is 2.29. The van der Waals surface area contributed by atoms with Crippen molar-refractivity contribution in [3.8, 4) is 0 Å². The van der Waals surface area contributed by atoms with Crippen molar-refractivity contribution in [1.29, 1.82) is 0 Å². The Hall–Kier alpha value is -0.900. The average molecular weight is 250 g/mol. The molecule has 4 nitrogen and oxygen atoms in total. The normalized spacial score (nSPS) is 21.2. The molecule has 102 valence electrons. The lowest BCUT2D eigenvalue weighted by atomic mass is 9.70. The maximum Gasteiger partial charge on any atom is 0.144 e. The van der Waals surface area contributed by atoms with Crippen LogP contribution in [-0.4, -0.2) is 21.8 Å². The molecule has 0 radical (unpaired) electrons. The lowest BCUT2D eigenvalue weighted by Crippen LogP contribution is -2.38. The van der Waals surface area contributed by atoms with Gasteiger partial charge in [0.1, 0.15) is 12.2 Å². The summed E-state index contributed by atoms with van der Waals surface area (Å²) in [5, 5.41) is 7.86. The Bertz CT molecular complexity index is 377. The van der Waals surface area contributed by atoms with Crippen molar-refractivity contribution < 1.29 is 0 Å². The average Bonchev–Trinajstić information content (AvgIpc) is 2.79. The van der Waals surface area contributed by atoms with Crippen LogP contribution in [0.15, 0.2) is 6.33 Å². The summed E-state index contributed by atoms with van der Waals surface area (Å²) in [6.45, 7) is 6.72. The molecule has 1 fully saturated rings. The summed E-state index contributed by atoms with van der Waals surface area (Å²) in [6.07, 6.45) is 8.30. The molecule has 0 aromatic carbocycles. The molecule has 0 aliphatic heterocycles. The van der Waals surface area contributed by atoms with Gasteiger partial charge in [-0.3, -0.25) is 0 Å².